The smallest absolute Gasteiger partial charge is 0.332 e. The van der Waals surface area contributed by atoms with Gasteiger partial charge in [-0.3, -0.25) is 13.9 Å². The van der Waals surface area contributed by atoms with E-state index in [0.29, 0.717) is 17.1 Å². The molecule has 18 heavy (non-hydrogen) atoms. The number of anilines is 1. The molecule has 2 rings (SSSR count). The summed E-state index contributed by atoms with van der Waals surface area (Å²) in [6.45, 7) is 2.82. The standard InChI is InChI=1S/C11H17N5O2/c1-5-6-12-10-13-8-7(14(10)2)9(17)16(4)11(18)15(8)3/h5-6H2,1-4H3,(H,12,13). The highest BCUT2D eigenvalue weighted by Gasteiger charge is 2.16. The van der Waals surface area contributed by atoms with Crippen LogP contribution in [0, 0.1) is 0 Å². The highest BCUT2D eigenvalue weighted by Crippen LogP contribution is 2.12. The second-order valence-electron chi connectivity index (χ2n) is 4.30. The average Bonchev–Trinajstić information content (AvgIpc) is 2.69. The summed E-state index contributed by atoms with van der Waals surface area (Å²) in [5, 5.41) is 3.13. The van der Waals surface area contributed by atoms with Gasteiger partial charge in [-0.1, -0.05) is 6.92 Å². The summed E-state index contributed by atoms with van der Waals surface area (Å²) in [6, 6.07) is 0. The lowest BCUT2D eigenvalue weighted by Crippen LogP contribution is -2.37. The molecule has 0 saturated carbocycles. The van der Waals surface area contributed by atoms with Crippen molar-refractivity contribution in [2.45, 2.75) is 13.3 Å². The number of rotatable bonds is 3. The number of fused-ring (bicyclic) bond motifs is 1. The first kappa shape index (κ1) is 12.4. The molecular formula is C11H17N5O2. The van der Waals surface area contributed by atoms with Crippen LogP contribution in [0.4, 0.5) is 5.95 Å². The quantitative estimate of drug-likeness (QED) is 0.819. The van der Waals surface area contributed by atoms with Crippen LogP contribution in [0.3, 0.4) is 0 Å². The van der Waals surface area contributed by atoms with E-state index in [2.05, 4.69) is 10.3 Å². The van der Waals surface area contributed by atoms with E-state index in [0.717, 1.165) is 17.5 Å². The molecule has 0 unspecified atom stereocenters. The summed E-state index contributed by atoms with van der Waals surface area (Å²) in [7, 11) is 4.84. The van der Waals surface area contributed by atoms with Gasteiger partial charge in [0.1, 0.15) is 0 Å². The number of aromatic nitrogens is 4. The average molecular weight is 251 g/mol. The van der Waals surface area contributed by atoms with Crippen LogP contribution in [0.25, 0.3) is 11.2 Å². The van der Waals surface area contributed by atoms with Gasteiger partial charge in [0.25, 0.3) is 5.56 Å². The van der Waals surface area contributed by atoms with E-state index < -0.39 is 0 Å². The summed E-state index contributed by atoms with van der Waals surface area (Å²) < 4.78 is 4.16. The lowest BCUT2D eigenvalue weighted by molar-refractivity contribution is 0.705. The molecule has 2 aromatic rings. The maximum Gasteiger partial charge on any atom is 0.332 e. The van der Waals surface area contributed by atoms with Crippen molar-refractivity contribution in [3.63, 3.8) is 0 Å². The molecule has 0 amide bonds. The molecule has 0 aliphatic carbocycles. The van der Waals surface area contributed by atoms with Crippen LogP contribution in [0.15, 0.2) is 9.59 Å². The van der Waals surface area contributed by atoms with Crippen LogP contribution in [-0.4, -0.2) is 25.2 Å². The van der Waals surface area contributed by atoms with Gasteiger partial charge in [0, 0.05) is 27.7 Å². The van der Waals surface area contributed by atoms with Crippen LogP contribution in [-0.2, 0) is 21.1 Å². The monoisotopic (exact) mass is 251 g/mol. The second-order valence-corrected chi connectivity index (χ2v) is 4.30. The molecule has 0 radical (unpaired) electrons. The number of hydrogen-bond acceptors (Lipinski definition) is 4. The fourth-order valence-electron chi connectivity index (χ4n) is 1.91. The third-order valence-electron chi connectivity index (χ3n) is 3.01. The minimum absolute atomic E-state index is 0.326. The maximum atomic E-state index is 12.1. The first-order valence-electron chi connectivity index (χ1n) is 5.85. The van der Waals surface area contributed by atoms with E-state index in [9.17, 15) is 9.59 Å². The molecule has 0 spiro atoms. The highest BCUT2D eigenvalue weighted by molar-refractivity contribution is 5.74. The van der Waals surface area contributed by atoms with Crippen molar-refractivity contribution in [1.29, 1.82) is 0 Å². The molecule has 98 valence electrons. The van der Waals surface area contributed by atoms with E-state index >= 15 is 0 Å². The minimum atomic E-state index is -0.368. The number of nitrogens with zero attached hydrogens (tertiary/aromatic N) is 4. The van der Waals surface area contributed by atoms with Crippen molar-refractivity contribution in [3.8, 4) is 0 Å². The molecule has 2 aromatic heterocycles. The predicted molar refractivity (Wildman–Crippen MR) is 70.0 cm³/mol. The maximum absolute atomic E-state index is 12.1. The SMILES string of the molecule is CCCNc1nc2c(c(=O)n(C)c(=O)n2C)n1C. The van der Waals surface area contributed by atoms with Gasteiger partial charge in [0.2, 0.25) is 5.95 Å². The van der Waals surface area contributed by atoms with Gasteiger partial charge in [-0.2, -0.15) is 4.98 Å². The van der Waals surface area contributed by atoms with Gasteiger partial charge in [-0.15, -0.1) is 0 Å². The molecule has 7 heteroatoms. The Hall–Kier alpha value is -2.05. The van der Waals surface area contributed by atoms with E-state index in [1.165, 1.54) is 11.6 Å². The number of nitrogens with one attached hydrogen (secondary N) is 1. The van der Waals surface area contributed by atoms with Crippen LogP contribution in [0.2, 0.25) is 0 Å². The third-order valence-corrected chi connectivity index (χ3v) is 3.01. The summed E-state index contributed by atoms with van der Waals surface area (Å²) >= 11 is 0. The molecule has 0 aliphatic rings. The molecule has 0 aliphatic heterocycles. The molecule has 1 N–H and O–H groups in total. The van der Waals surface area contributed by atoms with Crippen molar-refractivity contribution >= 4 is 17.1 Å². The van der Waals surface area contributed by atoms with E-state index in [-0.39, 0.29) is 11.2 Å². The molecular weight excluding hydrogens is 234 g/mol. The van der Waals surface area contributed by atoms with Gasteiger partial charge in [-0.25, -0.2) is 4.79 Å². The minimum Gasteiger partial charge on any atom is -0.356 e. The first-order chi connectivity index (χ1) is 8.49. The Labute approximate surface area is 104 Å². The molecule has 0 bridgehead atoms. The first-order valence-corrected chi connectivity index (χ1v) is 5.85. The fourth-order valence-corrected chi connectivity index (χ4v) is 1.91. The zero-order chi connectivity index (χ0) is 13.4. The topological polar surface area (TPSA) is 73.8 Å². The van der Waals surface area contributed by atoms with Crippen LogP contribution in [0.1, 0.15) is 13.3 Å². The van der Waals surface area contributed by atoms with Gasteiger partial charge in [0.15, 0.2) is 11.2 Å². The lowest BCUT2D eigenvalue weighted by Gasteiger charge is -2.04. The van der Waals surface area contributed by atoms with Gasteiger partial charge in [0.05, 0.1) is 0 Å². The number of imidazole rings is 1. The largest absolute Gasteiger partial charge is 0.356 e. The Morgan fingerprint density at radius 1 is 1.11 bits per heavy atom. The van der Waals surface area contributed by atoms with Crippen molar-refractivity contribution in [1.82, 2.24) is 18.7 Å². The van der Waals surface area contributed by atoms with Crippen molar-refractivity contribution < 1.29 is 0 Å². The van der Waals surface area contributed by atoms with Crippen LogP contribution >= 0.6 is 0 Å². The van der Waals surface area contributed by atoms with Crippen molar-refractivity contribution in [2.75, 3.05) is 11.9 Å². The van der Waals surface area contributed by atoms with E-state index in [4.69, 9.17) is 0 Å². The molecule has 2 heterocycles. The Morgan fingerprint density at radius 2 is 1.78 bits per heavy atom. The Balaban J connectivity index is 2.80. The highest BCUT2D eigenvalue weighted by atomic mass is 16.2. The predicted octanol–water partition coefficient (Wildman–Crippen LogP) is -0.207. The molecule has 0 fully saturated rings. The lowest BCUT2D eigenvalue weighted by atomic mass is 10.5. The zero-order valence-electron chi connectivity index (χ0n) is 11.0. The zero-order valence-corrected chi connectivity index (χ0v) is 11.0. The molecule has 0 aromatic carbocycles. The molecule has 7 nitrogen and oxygen atoms in total. The second kappa shape index (κ2) is 4.32. The summed E-state index contributed by atoms with van der Waals surface area (Å²) in [6.07, 6.45) is 0.958. The summed E-state index contributed by atoms with van der Waals surface area (Å²) in [5.41, 5.74) is 0.141. The van der Waals surface area contributed by atoms with Gasteiger partial charge >= 0.3 is 5.69 Å². The van der Waals surface area contributed by atoms with Crippen LogP contribution < -0.4 is 16.6 Å². The van der Waals surface area contributed by atoms with E-state index in [1.807, 2.05) is 6.92 Å². The normalized spacial score (nSPS) is 11.1. The van der Waals surface area contributed by atoms with Crippen LogP contribution in [0.5, 0.6) is 0 Å². The van der Waals surface area contributed by atoms with Crippen molar-refractivity contribution in [3.05, 3.63) is 20.8 Å². The summed E-state index contributed by atoms with van der Waals surface area (Å²) in [5.74, 6) is 0.602. The van der Waals surface area contributed by atoms with Gasteiger partial charge < -0.3 is 9.88 Å². The van der Waals surface area contributed by atoms with E-state index in [1.54, 1.807) is 18.7 Å². The van der Waals surface area contributed by atoms with Crippen molar-refractivity contribution in [2.24, 2.45) is 21.1 Å². The third kappa shape index (κ3) is 1.62. The molecule has 0 atom stereocenters. The summed E-state index contributed by atoms with van der Waals surface area (Å²) in [4.78, 5) is 28.2. The number of aryl methyl sites for hydroxylation is 2. The molecule has 0 saturated heterocycles. The Kier molecular flexibility index (Phi) is 2.98. The Bertz CT molecular complexity index is 707. The number of hydrogen-bond donors (Lipinski definition) is 1. The Morgan fingerprint density at radius 3 is 2.39 bits per heavy atom. The fraction of sp³-hybridized carbons (Fsp3) is 0.545. The van der Waals surface area contributed by atoms with Gasteiger partial charge in [-0.05, 0) is 6.42 Å².